The van der Waals surface area contributed by atoms with Crippen LogP contribution in [0.5, 0.6) is 5.75 Å². The van der Waals surface area contributed by atoms with Gasteiger partial charge in [0.1, 0.15) is 11.3 Å². The average Bonchev–Trinajstić information content (AvgIpc) is 2.49. The van der Waals surface area contributed by atoms with Crippen molar-refractivity contribution in [1.82, 2.24) is 0 Å². The van der Waals surface area contributed by atoms with Gasteiger partial charge in [-0.3, -0.25) is 0 Å². The maximum atomic E-state index is 10.2. The standard InChI is InChI=1S/C9H6O4/c10-9(11)13-7-1-2-8-6(5-7)3-4-12-8/h1-5H,(H,10,11). The van der Waals surface area contributed by atoms with Gasteiger partial charge in [0.25, 0.3) is 0 Å². The largest absolute Gasteiger partial charge is 0.511 e. The van der Waals surface area contributed by atoms with Crippen LogP contribution in [-0.4, -0.2) is 11.3 Å². The zero-order valence-corrected chi connectivity index (χ0v) is 6.56. The zero-order chi connectivity index (χ0) is 9.26. The molecule has 1 heterocycles. The number of benzene rings is 1. The van der Waals surface area contributed by atoms with Crippen LogP contribution in [0.1, 0.15) is 0 Å². The van der Waals surface area contributed by atoms with E-state index in [0.29, 0.717) is 11.3 Å². The Morgan fingerprint density at radius 1 is 1.38 bits per heavy atom. The summed E-state index contributed by atoms with van der Waals surface area (Å²) in [7, 11) is 0. The summed E-state index contributed by atoms with van der Waals surface area (Å²) in [6, 6.07) is 6.55. The van der Waals surface area contributed by atoms with Crippen LogP contribution in [0.25, 0.3) is 11.0 Å². The second-order valence-corrected chi connectivity index (χ2v) is 2.49. The van der Waals surface area contributed by atoms with Gasteiger partial charge >= 0.3 is 6.16 Å². The normalized spacial score (nSPS) is 10.2. The van der Waals surface area contributed by atoms with E-state index in [-0.39, 0.29) is 0 Å². The maximum Gasteiger partial charge on any atom is 0.511 e. The second kappa shape index (κ2) is 2.82. The molecule has 13 heavy (non-hydrogen) atoms. The third-order valence-electron chi connectivity index (χ3n) is 1.63. The summed E-state index contributed by atoms with van der Waals surface area (Å²) >= 11 is 0. The Morgan fingerprint density at radius 2 is 2.23 bits per heavy atom. The highest BCUT2D eigenvalue weighted by atomic mass is 16.7. The van der Waals surface area contributed by atoms with E-state index in [1.165, 1.54) is 6.26 Å². The van der Waals surface area contributed by atoms with Gasteiger partial charge in [-0.1, -0.05) is 0 Å². The van der Waals surface area contributed by atoms with E-state index in [4.69, 9.17) is 9.52 Å². The molecule has 1 N–H and O–H groups in total. The Morgan fingerprint density at radius 3 is 3.00 bits per heavy atom. The first-order valence-corrected chi connectivity index (χ1v) is 3.64. The topological polar surface area (TPSA) is 59.7 Å². The lowest BCUT2D eigenvalue weighted by atomic mass is 10.2. The lowest BCUT2D eigenvalue weighted by Gasteiger charge is -1.97. The maximum absolute atomic E-state index is 10.2. The van der Waals surface area contributed by atoms with Crippen molar-refractivity contribution in [3.05, 3.63) is 30.5 Å². The molecule has 0 spiro atoms. The second-order valence-electron chi connectivity index (χ2n) is 2.49. The van der Waals surface area contributed by atoms with Gasteiger partial charge in [0.2, 0.25) is 0 Å². The van der Waals surface area contributed by atoms with Crippen LogP contribution in [0.4, 0.5) is 4.79 Å². The number of fused-ring (bicyclic) bond motifs is 1. The van der Waals surface area contributed by atoms with E-state index in [9.17, 15) is 4.79 Å². The minimum atomic E-state index is -1.32. The zero-order valence-electron chi connectivity index (χ0n) is 6.56. The van der Waals surface area contributed by atoms with Crippen LogP contribution in [0.2, 0.25) is 0 Å². The molecular formula is C9H6O4. The van der Waals surface area contributed by atoms with Gasteiger partial charge in [-0.25, -0.2) is 4.79 Å². The first-order chi connectivity index (χ1) is 6.25. The molecule has 0 atom stereocenters. The Kier molecular flexibility index (Phi) is 1.66. The summed E-state index contributed by atoms with van der Waals surface area (Å²) in [6.45, 7) is 0. The van der Waals surface area contributed by atoms with Crippen LogP contribution in [0.15, 0.2) is 34.9 Å². The van der Waals surface area contributed by atoms with E-state index in [2.05, 4.69) is 4.74 Å². The minimum absolute atomic E-state index is 0.293. The van der Waals surface area contributed by atoms with Gasteiger partial charge in [0.15, 0.2) is 0 Å². The summed E-state index contributed by atoms with van der Waals surface area (Å²) < 4.78 is 9.54. The van der Waals surface area contributed by atoms with Crippen molar-refractivity contribution >= 4 is 17.1 Å². The van der Waals surface area contributed by atoms with Crippen molar-refractivity contribution in [3.63, 3.8) is 0 Å². The van der Waals surface area contributed by atoms with Crippen LogP contribution in [0, 0.1) is 0 Å². The van der Waals surface area contributed by atoms with Crippen molar-refractivity contribution in [2.75, 3.05) is 0 Å². The molecule has 1 aromatic heterocycles. The molecule has 4 heteroatoms. The predicted octanol–water partition coefficient (Wildman–Crippen LogP) is 2.49. The number of carbonyl (C=O) groups is 1. The van der Waals surface area contributed by atoms with Gasteiger partial charge in [-0.05, 0) is 24.3 Å². The highest BCUT2D eigenvalue weighted by Crippen LogP contribution is 2.21. The molecule has 0 bridgehead atoms. The lowest BCUT2D eigenvalue weighted by Crippen LogP contribution is -2.02. The quantitative estimate of drug-likeness (QED) is 0.538. The summed E-state index contributed by atoms with van der Waals surface area (Å²) in [5.74, 6) is 0.293. The third-order valence-corrected chi connectivity index (χ3v) is 1.63. The van der Waals surface area contributed by atoms with Crippen LogP contribution < -0.4 is 4.74 Å². The molecule has 0 saturated heterocycles. The third kappa shape index (κ3) is 1.46. The van der Waals surface area contributed by atoms with Crippen molar-refractivity contribution < 1.29 is 19.1 Å². The Hall–Kier alpha value is -1.97. The molecule has 0 saturated carbocycles. The lowest BCUT2D eigenvalue weighted by molar-refractivity contribution is 0.144. The number of furan rings is 1. The Balaban J connectivity index is 2.42. The van der Waals surface area contributed by atoms with Crippen LogP contribution >= 0.6 is 0 Å². The number of carboxylic acid groups (broad SMARTS) is 1. The fraction of sp³-hybridized carbons (Fsp3) is 0. The molecule has 2 rings (SSSR count). The Labute approximate surface area is 73.3 Å². The molecule has 0 aliphatic heterocycles. The monoisotopic (exact) mass is 178 g/mol. The minimum Gasteiger partial charge on any atom is -0.464 e. The molecule has 0 unspecified atom stereocenters. The molecular weight excluding hydrogens is 172 g/mol. The van der Waals surface area contributed by atoms with E-state index in [1.54, 1.807) is 24.3 Å². The summed E-state index contributed by atoms with van der Waals surface area (Å²) in [5.41, 5.74) is 0.706. The summed E-state index contributed by atoms with van der Waals surface area (Å²) in [6.07, 6.45) is 0.220. The molecule has 66 valence electrons. The van der Waals surface area contributed by atoms with Gasteiger partial charge in [0, 0.05) is 5.39 Å². The van der Waals surface area contributed by atoms with Gasteiger partial charge in [-0.15, -0.1) is 0 Å². The highest BCUT2D eigenvalue weighted by molar-refractivity contribution is 5.79. The van der Waals surface area contributed by atoms with Crippen molar-refractivity contribution in [3.8, 4) is 5.75 Å². The first kappa shape index (κ1) is 7.67. The number of hydrogen-bond donors (Lipinski definition) is 1. The van der Waals surface area contributed by atoms with Gasteiger partial charge in [0.05, 0.1) is 6.26 Å². The molecule has 0 radical (unpaired) electrons. The predicted molar refractivity (Wildman–Crippen MR) is 44.9 cm³/mol. The van der Waals surface area contributed by atoms with Gasteiger partial charge < -0.3 is 14.3 Å². The SMILES string of the molecule is O=C(O)Oc1ccc2occc2c1. The molecule has 0 aliphatic rings. The number of rotatable bonds is 1. The fourth-order valence-corrected chi connectivity index (χ4v) is 1.11. The Bertz CT molecular complexity index is 444. The molecule has 2 aromatic rings. The van der Waals surface area contributed by atoms with Crippen molar-refractivity contribution in [1.29, 1.82) is 0 Å². The van der Waals surface area contributed by atoms with Crippen molar-refractivity contribution in [2.24, 2.45) is 0 Å². The highest BCUT2D eigenvalue weighted by Gasteiger charge is 2.02. The fourth-order valence-electron chi connectivity index (χ4n) is 1.11. The first-order valence-electron chi connectivity index (χ1n) is 3.64. The smallest absolute Gasteiger partial charge is 0.464 e. The average molecular weight is 178 g/mol. The number of hydrogen-bond acceptors (Lipinski definition) is 3. The molecule has 0 amide bonds. The van der Waals surface area contributed by atoms with Crippen molar-refractivity contribution in [2.45, 2.75) is 0 Å². The summed E-state index contributed by atoms with van der Waals surface area (Å²) in [4.78, 5) is 10.2. The molecule has 0 fully saturated rings. The molecule has 4 nitrogen and oxygen atoms in total. The van der Waals surface area contributed by atoms with E-state index in [0.717, 1.165) is 5.39 Å². The van der Waals surface area contributed by atoms with E-state index in [1.807, 2.05) is 0 Å². The molecule has 0 aliphatic carbocycles. The summed E-state index contributed by atoms with van der Waals surface area (Å²) in [5, 5.41) is 9.16. The molecule has 1 aromatic carbocycles. The van der Waals surface area contributed by atoms with E-state index < -0.39 is 6.16 Å². The van der Waals surface area contributed by atoms with E-state index >= 15 is 0 Å². The number of ether oxygens (including phenoxy) is 1. The van der Waals surface area contributed by atoms with Crippen LogP contribution in [-0.2, 0) is 0 Å². The van der Waals surface area contributed by atoms with Gasteiger partial charge in [-0.2, -0.15) is 0 Å². The van der Waals surface area contributed by atoms with Crippen LogP contribution in [0.3, 0.4) is 0 Å².